The van der Waals surface area contributed by atoms with Crippen molar-refractivity contribution in [3.05, 3.63) is 29.8 Å². The molecule has 0 spiro atoms. The van der Waals surface area contributed by atoms with Gasteiger partial charge in [0.2, 0.25) is 5.72 Å². The minimum absolute atomic E-state index is 0.138. The molecule has 2 atom stereocenters. The van der Waals surface area contributed by atoms with E-state index in [0.717, 1.165) is 7.11 Å². The zero-order valence-electron chi connectivity index (χ0n) is 13.0. The molecule has 1 N–H and O–H groups in total. The van der Waals surface area contributed by atoms with Crippen molar-refractivity contribution in [2.75, 3.05) is 25.8 Å². The summed E-state index contributed by atoms with van der Waals surface area (Å²) in [5, 5.41) is -1.51. The highest BCUT2D eigenvalue weighted by molar-refractivity contribution is 6.23. The van der Waals surface area contributed by atoms with Crippen LogP contribution in [0, 0.1) is 5.92 Å². The second kappa shape index (κ2) is 7.00. The van der Waals surface area contributed by atoms with Gasteiger partial charge >= 0.3 is 11.4 Å². The minimum Gasteiger partial charge on any atom is -0.469 e. The number of carbonyl (C=O) groups excluding carboxylic acids is 2. The molecule has 0 amide bonds. The average molecular weight is 364 g/mol. The number of Topliss-reactive ketones (excluding diaryl/α,β-unsaturated/α-hetero) is 1. The van der Waals surface area contributed by atoms with Crippen LogP contribution in [0.4, 0.5) is 14.5 Å². The molecule has 24 heavy (non-hydrogen) atoms. The van der Waals surface area contributed by atoms with Crippen LogP contribution < -0.4 is 5.32 Å². The van der Waals surface area contributed by atoms with Gasteiger partial charge in [-0.1, -0.05) is 12.1 Å². The van der Waals surface area contributed by atoms with E-state index in [9.17, 15) is 18.4 Å². The Morgan fingerprint density at radius 2 is 2.17 bits per heavy atom. The topological polar surface area (TPSA) is 73.9 Å². The Morgan fingerprint density at radius 1 is 1.46 bits per heavy atom. The lowest BCUT2D eigenvalue weighted by Crippen LogP contribution is -2.64. The monoisotopic (exact) mass is 363 g/mol. The Morgan fingerprint density at radius 3 is 2.75 bits per heavy atom. The van der Waals surface area contributed by atoms with Crippen LogP contribution in [-0.4, -0.2) is 43.4 Å². The first-order chi connectivity index (χ1) is 11.2. The first kappa shape index (κ1) is 18.6. The maximum Gasteiger partial charge on any atom is 0.369 e. The molecule has 0 unspecified atom stereocenters. The van der Waals surface area contributed by atoms with Gasteiger partial charge in [0, 0.05) is 11.3 Å². The first-order valence-electron chi connectivity index (χ1n) is 6.96. The zero-order valence-corrected chi connectivity index (χ0v) is 13.7. The third-order valence-corrected chi connectivity index (χ3v) is 3.93. The molecular weight excluding hydrogens is 348 g/mol. The summed E-state index contributed by atoms with van der Waals surface area (Å²) >= 11 is 5.27. The number of rotatable bonds is 5. The molecule has 0 radical (unpaired) electrons. The maximum atomic E-state index is 14.2. The normalized spacial score (nSPS) is 24.3. The number of nitrogens with one attached hydrogen (secondary N) is 1. The summed E-state index contributed by atoms with van der Waals surface area (Å²) in [6.45, 7) is 0.483. The summed E-state index contributed by atoms with van der Waals surface area (Å²) in [5.74, 6) is -2.74. The second-order valence-electron chi connectivity index (χ2n) is 5.20. The summed E-state index contributed by atoms with van der Waals surface area (Å²) in [6, 6.07) is 5.84. The summed E-state index contributed by atoms with van der Waals surface area (Å²) < 4.78 is 43.0. The van der Waals surface area contributed by atoms with Crippen molar-refractivity contribution in [1.82, 2.24) is 0 Å². The van der Waals surface area contributed by atoms with Crippen molar-refractivity contribution >= 4 is 29.0 Å². The molecule has 1 aromatic rings. The minimum atomic E-state index is -3.97. The molecule has 0 saturated carbocycles. The number of hydrogen-bond acceptors (Lipinski definition) is 6. The molecule has 2 rings (SSSR count). The summed E-state index contributed by atoms with van der Waals surface area (Å²) in [7, 11) is 1.06. The molecular formula is C15H16ClF2NO5. The zero-order chi connectivity index (χ0) is 18.0. The van der Waals surface area contributed by atoms with Gasteiger partial charge in [0.05, 0.1) is 13.7 Å². The highest BCUT2D eigenvalue weighted by Crippen LogP contribution is 2.44. The number of ether oxygens (including phenoxy) is 3. The Labute approximate surface area is 142 Å². The highest BCUT2D eigenvalue weighted by atomic mass is 35.5. The number of benzene rings is 1. The molecule has 1 aliphatic rings. The van der Waals surface area contributed by atoms with Crippen LogP contribution in [0.3, 0.4) is 0 Å². The van der Waals surface area contributed by atoms with Gasteiger partial charge in [-0.2, -0.15) is 8.78 Å². The SMILES string of the molecule is COC(=O)[C@H]1COCO[C@]1(Nc1cccc(C(C)=O)c1)C(F)(F)Cl. The Bertz CT molecular complexity index is 637. The smallest absolute Gasteiger partial charge is 0.369 e. The molecule has 1 fully saturated rings. The lowest BCUT2D eigenvalue weighted by atomic mass is 9.94. The largest absolute Gasteiger partial charge is 0.469 e. The number of alkyl halides is 3. The third kappa shape index (κ3) is 3.50. The van der Waals surface area contributed by atoms with Crippen LogP contribution in [0.5, 0.6) is 0 Å². The predicted molar refractivity (Wildman–Crippen MR) is 81.0 cm³/mol. The van der Waals surface area contributed by atoms with Crippen molar-refractivity contribution in [1.29, 1.82) is 0 Å². The van der Waals surface area contributed by atoms with Crippen molar-refractivity contribution in [2.45, 2.75) is 18.0 Å². The number of esters is 1. The number of hydrogen-bond donors (Lipinski definition) is 1. The average Bonchev–Trinajstić information content (AvgIpc) is 2.53. The van der Waals surface area contributed by atoms with E-state index in [4.69, 9.17) is 21.1 Å². The van der Waals surface area contributed by atoms with Gasteiger partial charge in [0.1, 0.15) is 12.7 Å². The van der Waals surface area contributed by atoms with Gasteiger partial charge in [0.25, 0.3) is 0 Å². The number of methoxy groups -OCH3 is 1. The fourth-order valence-electron chi connectivity index (χ4n) is 2.40. The molecule has 1 saturated heterocycles. The van der Waals surface area contributed by atoms with Gasteiger partial charge in [-0.15, -0.1) is 0 Å². The first-order valence-corrected chi connectivity index (χ1v) is 7.34. The summed E-state index contributed by atoms with van der Waals surface area (Å²) in [6.07, 6.45) is 0. The summed E-state index contributed by atoms with van der Waals surface area (Å²) in [4.78, 5) is 23.4. The molecule has 6 nitrogen and oxygen atoms in total. The fraction of sp³-hybridized carbons (Fsp3) is 0.467. The van der Waals surface area contributed by atoms with E-state index in [1.54, 1.807) is 0 Å². The Kier molecular flexibility index (Phi) is 5.42. The summed E-state index contributed by atoms with van der Waals surface area (Å²) in [5.41, 5.74) is -2.15. The Balaban J connectivity index is 2.46. The second-order valence-corrected chi connectivity index (χ2v) is 5.68. The van der Waals surface area contributed by atoms with E-state index in [1.807, 2.05) is 0 Å². The maximum absolute atomic E-state index is 14.2. The molecule has 0 aliphatic carbocycles. The molecule has 9 heteroatoms. The number of halogens is 3. The van der Waals surface area contributed by atoms with Crippen molar-refractivity contribution in [2.24, 2.45) is 5.92 Å². The van der Waals surface area contributed by atoms with Crippen molar-refractivity contribution < 1.29 is 32.6 Å². The molecule has 1 heterocycles. The van der Waals surface area contributed by atoms with E-state index in [1.165, 1.54) is 31.2 Å². The van der Waals surface area contributed by atoms with E-state index in [0.29, 0.717) is 5.56 Å². The Hall–Kier alpha value is -1.77. The van der Waals surface area contributed by atoms with Crippen LogP contribution in [0.2, 0.25) is 0 Å². The van der Waals surface area contributed by atoms with E-state index < -0.39 is 29.8 Å². The van der Waals surface area contributed by atoms with Crippen LogP contribution >= 0.6 is 11.6 Å². The number of anilines is 1. The molecule has 0 aromatic heterocycles. The van der Waals surface area contributed by atoms with Crippen LogP contribution in [0.25, 0.3) is 0 Å². The lowest BCUT2D eigenvalue weighted by molar-refractivity contribution is -0.268. The number of carbonyl (C=O) groups is 2. The number of ketones is 1. The van der Waals surface area contributed by atoms with Gasteiger partial charge in [0.15, 0.2) is 5.78 Å². The third-order valence-electron chi connectivity index (χ3n) is 3.65. The van der Waals surface area contributed by atoms with Crippen molar-refractivity contribution in [3.63, 3.8) is 0 Å². The van der Waals surface area contributed by atoms with Gasteiger partial charge in [-0.05, 0) is 30.7 Å². The molecule has 132 valence electrons. The van der Waals surface area contributed by atoms with Crippen molar-refractivity contribution in [3.8, 4) is 0 Å². The molecule has 1 aliphatic heterocycles. The van der Waals surface area contributed by atoms with E-state index in [2.05, 4.69) is 10.1 Å². The van der Waals surface area contributed by atoms with Crippen LogP contribution in [0.15, 0.2) is 24.3 Å². The van der Waals surface area contributed by atoms with Gasteiger partial charge < -0.3 is 19.5 Å². The van der Waals surface area contributed by atoms with Gasteiger partial charge in [-0.25, -0.2) is 0 Å². The standard InChI is InChI=1S/C15H16ClF2NO5/c1-9(20)10-4-3-5-11(6-10)19-14(15(16,17)18)12(13(21)22-2)7-23-8-24-14/h3-6,12,19H,7-8H2,1-2H3/t12-,14+/m1/s1. The molecule has 1 aromatic carbocycles. The van der Waals surface area contributed by atoms with E-state index >= 15 is 0 Å². The fourth-order valence-corrected chi connectivity index (χ4v) is 2.63. The van der Waals surface area contributed by atoms with Crippen LogP contribution in [0.1, 0.15) is 17.3 Å². The molecule has 0 bridgehead atoms. The van der Waals surface area contributed by atoms with E-state index in [-0.39, 0.29) is 18.1 Å². The van der Waals surface area contributed by atoms with Crippen LogP contribution in [-0.2, 0) is 19.0 Å². The lowest BCUT2D eigenvalue weighted by Gasteiger charge is -2.44. The van der Waals surface area contributed by atoms with Gasteiger partial charge in [-0.3, -0.25) is 9.59 Å². The predicted octanol–water partition coefficient (Wildman–Crippen LogP) is 2.62. The highest BCUT2D eigenvalue weighted by Gasteiger charge is 2.63. The quantitative estimate of drug-likeness (QED) is 0.492.